The fourth-order valence-electron chi connectivity index (χ4n) is 2.58. The minimum Gasteiger partial charge on any atom is -0.328 e. The maximum atomic E-state index is 13.7. The third-order valence-corrected chi connectivity index (χ3v) is 4.21. The van der Waals surface area contributed by atoms with E-state index in [-0.39, 0.29) is 5.82 Å². The molecule has 20 heavy (non-hydrogen) atoms. The van der Waals surface area contributed by atoms with Crippen LogP contribution in [0.15, 0.2) is 12.1 Å². The molecule has 4 heteroatoms. The van der Waals surface area contributed by atoms with E-state index in [0.717, 1.165) is 42.7 Å². The lowest BCUT2D eigenvalue weighted by Crippen LogP contribution is -2.12. The monoisotopic (exact) mass is 296 g/mol. The minimum absolute atomic E-state index is 0.192. The Morgan fingerprint density at radius 3 is 2.60 bits per heavy atom. The fourth-order valence-corrected chi connectivity index (χ4v) is 2.75. The number of aryl methyl sites for hydroxylation is 2. The molecular weight excluding hydrogens is 275 g/mol. The molecule has 0 spiro atoms. The summed E-state index contributed by atoms with van der Waals surface area (Å²) >= 11 is 5.88. The van der Waals surface area contributed by atoms with E-state index in [0.29, 0.717) is 17.4 Å². The van der Waals surface area contributed by atoms with Crippen LogP contribution in [0.4, 0.5) is 4.39 Å². The average molecular weight is 297 g/mol. The Labute approximate surface area is 125 Å². The summed E-state index contributed by atoms with van der Waals surface area (Å²) in [6, 6.07) is 3.43. The average Bonchev–Trinajstić information content (AvgIpc) is 2.74. The molecule has 1 heterocycles. The first-order valence-electron chi connectivity index (χ1n) is 7.31. The van der Waals surface area contributed by atoms with Crippen molar-refractivity contribution in [2.75, 3.05) is 5.88 Å². The van der Waals surface area contributed by atoms with Gasteiger partial charge in [0.1, 0.15) is 11.6 Å². The van der Waals surface area contributed by atoms with Crippen LogP contribution in [-0.4, -0.2) is 15.4 Å². The van der Waals surface area contributed by atoms with Gasteiger partial charge in [0, 0.05) is 24.9 Å². The number of alkyl halides is 1. The van der Waals surface area contributed by atoms with Crippen molar-refractivity contribution in [1.29, 1.82) is 0 Å². The standard InChI is InChI=1S/C16H22ClFN2/c1-4-12(5-2)10-20-15-8-11(3)13(18)9-14(15)19-16(20)6-7-17/h8-9,12H,4-7,10H2,1-3H3. The molecule has 2 aromatic rings. The zero-order chi connectivity index (χ0) is 14.7. The second-order valence-corrected chi connectivity index (χ2v) is 5.73. The van der Waals surface area contributed by atoms with Crippen molar-refractivity contribution < 1.29 is 4.39 Å². The number of nitrogens with zero attached hydrogens (tertiary/aromatic N) is 2. The number of rotatable bonds is 6. The second kappa shape index (κ2) is 6.57. The van der Waals surface area contributed by atoms with E-state index in [1.165, 1.54) is 6.07 Å². The van der Waals surface area contributed by atoms with Gasteiger partial charge in [0.2, 0.25) is 0 Å². The summed E-state index contributed by atoms with van der Waals surface area (Å²) in [5, 5.41) is 0. The zero-order valence-corrected chi connectivity index (χ0v) is 13.2. The molecule has 110 valence electrons. The lowest BCUT2D eigenvalue weighted by atomic mass is 10.0. The largest absolute Gasteiger partial charge is 0.328 e. The third kappa shape index (κ3) is 2.98. The quantitative estimate of drug-likeness (QED) is 0.706. The molecule has 0 fully saturated rings. The first-order chi connectivity index (χ1) is 9.60. The first-order valence-corrected chi connectivity index (χ1v) is 7.85. The van der Waals surface area contributed by atoms with Gasteiger partial charge in [-0.2, -0.15) is 0 Å². The van der Waals surface area contributed by atoms with Crippen LogP contribution in [0, 0.1) is 18.7 Å². The summed E-state index contributed by atoms with van der Waals surface area (Å²) in [5.74, 6) is 1.93. The van der Waals surface area contributed by atoms with Crippen LogP contribution in [0.25, 0.3) is 11.0 Å². The van der Waals surface area contributed by atoms with E-state index in [9.17, 15) is 4.39 Å². The molecule has 1 aromatic carbocycles. The predicted octanol–water partition coefficient (Wildman–Crippen LogP) is 4.70. The predicted molar refractivity (Wildman–Crippen MR) is 82.9 cm³/mol. The number of fused-ring (bicyclic) bond motifs is 1. The molecule has 0 radical (unpaired) electrons. The summed E-state index contributed by atoms with van der Waals surface area (Å²) in [6.07, 6.45) is 2.99. The summed E-state index contributed by atoms with van der Waals surface area (Å²) < 4.78 is 15.9. The molecule has 0 saturated heterocycles. The molecule has 2 nitrogen and oxygen atoms in total. The zero-order valence-electron chi connectivity index (χ0n) is 12.4. The second-order valence-electron chi connectivity index (χ2n) is 5.35. The Kier molecular flexibility index (Phi) is 5.03. The van der Waals surface area contributed by atoms with Crippen molar-refractivity contribution in [3.05, 3.63) is 29.3 Å². The minimum atomic E-state index is -0.192. The Morgan fingerprint density at radius 2 is 2.00 bits per heavy atom. The van der Waals surface area contributed by atoms with Gasteiger partial charge in [0.05, 0.1) is 11.0 Å². The van der Waals surface area contributed by atoms with Crippen LogP contribution in [-0.2, 0) is 13.0 Å². The number of halogens is 2. The van der Waals surface area contributed by atoms with Crippen molar-refractivity contribution in [1.82, 2.24) is 9.55 Å². The first kappa shape index (κ1) is 15.3. The molecular formula is C16H22ClFN2. The Hall–Kier alpha value is -1.09. The molecule has 1 aromatic heterocycles. The number of aromatic nitrogens is 2. The highest BCUT2D eigenvalue weighted by molar-refractivity contribution is 6.17. The summed E-state index contributed by atoms with van der Waals surface area (Å²) in [5.41, 5.74) is 2.43. The van der Waals surface area contributed by atoms with E-state index in [1.54, 1.807) is 6.92 Å². The van der Waals surface area contributed by atoms with Gasteiger partial charge in [-0.3, -0.25) is 0 Å². The summed E-state index contributed by atoms with van der Waals surface area (Å²) in [6.45, 7) is 7.14. The van der Waals surface area contributed by atoms with E-state index in [2.05, 4.69) is 23.4 Å². The van der Waals surface area contributed by atoms with Crippen LogP contribution in [0.3, 0.4) is 0 Å². The molecule has 0 N–H and O–H groups in total. The van der Waals surface area contributed by atoms with E-state index < -0.39 is 0 Å². The summed E-state index contributed by atoms with van der Waals surface area (Å²) in [4.78, 5) is 4.56. The fraction of sp³-hybridized carbons (Fsp3) is 0.562. The number of benzene rings is 1. The molecule has 0 amide bonds. The van der Waals surface area contributed by atoms with E-state index in [4.69, 9.17) is 11.6 Å². The van der Waals surface area contributed by atoms with Crippen molar-refractivity contribution in [3.8, 4) is 0 Å². The molecule has 0 unspecified atom stereocenters. The van der Waals surface area contributed by atoms with Gasteiger partial charge in [0.15, 0.2) is 0 Å². The van der Waals surface area contributed by atoms with Crippen LogP contribution in [0.2, 0.25) is 0 Å². The molecule has 0 aliphatic rings. The molecule has 0 aliphatic carbocycles. The molecule has 2 rings (SSSR count). The lowest BCUT2D eigenvalue weighted by molar-refractivity contribution is 0.417. The molecule has 0 aliphatic heterocycles. The normalized spacial score (nSPS) is 11.7. The van der Waals surface area contributed by atoms with Gasteiger partial charge in [-0.25, -0.2) is 9.37 Å². The maximum absolute atomic E-state index is 13.7. The van der Waals surface area contributed by atoms with Crippen molar-refractivity contribution in [2.24, 2.45) is 5.92 Å². The van der Waals surface area contributed by atoms with E-state index >= 15 is 0 Å². The highest BCUT2D eigenvalue weighted by atomic mass is 35.5. The van der Waals surface area contributed by atoms with Crippen molar-refractivity contribution in [2.45, 2.75) is 46.6 Å². The van der Waals surface area contributed by atoms with Gasteiger partial charge in [-0.05, 0) is 24.5 Å². The highest BCUT2D eigenvalue weighted by Crippen LogP contribution is 2.23. The maximum Gasteiger partial charge on any atom is 0.128 e. The van der Waals surface area contributed by atoms with Crippen LogP contribution < -0.4 is 0 Å². The Bertz CT molecular complexity index is 588. The summed E-state index contributed by atoms with van der Waals surface area (Å²) in [7, 11) is 0. The number of imidazole rings is 1. The SMILES string of the molecule is CCC(CC)Cn1c(CCCl)nc2cc(F)c(C)cc21. The van der Waals surface area contributed by atoms with Crippen molar-refractivity contribution >= 4 is 22.6 Å². The van der Waals surface area contributed by atoms with Crippen molar-refractivity contribution in [3.63, 3.8) is 0 Å². The van der Waals surface area contributed by atoms with E-state index in [1.807, 2.05) is 6.07 Å². The van der Waals surface area contributed by atoms with Gasteiger partial charge < -0.3 is 4.57 Å². The number of hydrogen-bond donors (Lipinski definition) is 0. The van der Waals surface area contributed by atoms with Gasteiger partial charge in [-0.1, -0.05) is 26.7 Å². The third-order valence-electron chi connectivity index (χ3n) is 4.02. The van der Waals surface area contributed by atoms with Crippen LogP contribution >= 0.6 is 11.6 Å². The van der Waals surface area contributed by atoms with Gasteiger partial charge >= 0.3 is 0 Å². The smallest absolute Gasteiger partial charge is 0.128 e. The van der Waals surface area contributed by atoms with Crippen LogP contribution in [0.1, 0.15) is 38.1 Å². The molecule has 0 saturated carbocycles. The van der Waals surface area contributed by atoms with Crippen LogP contribution in [0.5, 0.6) is 0 Å². The number of hydrogen-bond acceptors (Lipinski definition) is 1. The Morgan fingerprint density at radius 1 is 1.30 bits per heavy atom. The highest BCUT2D eigenvalue weighted by Gasteiger charge is 2.15. The topological polar surface area (TPSA) is 17.8 Å². The van der Waals surface area contributed by atoms with Gasteiger partial charge in [0.25, 0.3) is 0 Å². The van der Waals surface area contributed by atoms with Gasteiger partial charge in [-0.15, -0.1) is 11.6 Å². The molecule has 0 bridgehead atoms. The lowest BCUT2D eigenvalue weighted by Gasteiger charge is -2.16. The Balaban J connectivity index is 2.52. The molecule has 0 atom stereocenters.